The number of aromatic nitrogens is 1. The lowest BCUT2D eigenvalue weighted by Crippen LogP contribution is -2.21. The highest BCUT2D eigenvalue weighted by Crippen LogP contribution is 2.23. The molecule has 0 bridgehead atoms. The third-order valence-electron chi connectivity index (χ3n) is 3.49. The average molecular weight is 284 g/mol. The minimum absolute atomic E-state index is 0.351. The van der Waals surface area contributed by atoms with E-state index in [1.807, 2.05) is 25.4 Å². The maximum Gasteiger partial charge on any atom is 0.119 e. The first-order valence-electron chi connectivity index (χ1n) is 7.68. The Hall–Kier alpha value is -1.87. The molecule has 0 fully saturated rings. The van der Waals surface area contributed by atoms with Gasteiger partial charge in [-0.15, -0.1) is 0 Å². The molecule has 1 heterocycles. The van der Waals surface area contributed by atoms with Crippen molar-refractivity contribution in [3.05, 3.63) is 59.9 Å². The highest BCUT2D eigenvalue weighted by atomic mass is 16.5. The largest absolute Gasteiger partial charge is 0.494 e. The van der Waals surface area contributed by atoms with Gasteiger partial charge >= 0.3 is 0 Å². The molecular weight excluding hydrogens is 260 g/mol. The summed E-state index contributed by atoms with van der Waals surface area (Å²) >= 11 is 0. The van der Waals surface area contributed by atoms with E-state index in [1.165, 1.54) is 11.1 Å². The smallest absolute Gasteiger partial charge is 0.119 e. The van der Waals surface area contributed by atoms with Gasteiger partial charge in [-0.25, -0.2) is 0 Å². The van der Waals surface area contributed by atoms with Crippen molar-refractivity contribution in [2.75, 3.05) is 13.2 Å². The number of nitrogens with zero attached hydrogens (tertiary/aromatic N) is 1. The monoisotopic (exact) mass is 284 g/mol. The molecule has 1 aromatic heterocycles. The first-order valence-corrected chi connectivity index (χ1v) is 7.68. The van der Waals surface area contributed by atoms with Crippen molar-refractivity contribution >= 4 is 0 Å². The summed E-state index contributed by atoms with van der Waals surface area (Å²) in [5.74, 6) is 0.946. The van der Waals surface area contributed by atoms with Crippen LogP contribution in [0, 0.1) is 0 Å². The number of nitrogens with one attached hydrogen (secondary N) is 1. The summed E-state index contributed by atoms with van der Waals surface area (Å²) in [6, 6.07) is 12.9. The third-order valence-corrected chi connectivity index (χ3v) is 3.49. The summed E-state index contributed by atoms with van der Waals surface area (Å²) in [5.41, 5.74) is 2.62. The lowest BCUT2D eigenvalue weighted by atomic mass is 9.99. The number of pyridine rings is 1. The molecule has 0 aliphatic rings. The van der Waals surface area contributed by atoms with Crippen LogP contribution in [-0.2, 0) is 6.42 Å². The topological polar surface area (TPSA) is 34.2 Å². The van der Waals surface area contributed by atoms with Gasteiger partial charge < -0.3 is 10.1 Å². The summed E-state index contributed by atoms with van der Waals surface area (Å²) in [4.78, 5) is 4.07. The molecule has 0 amide bonds. The van der Waals surface area contributed by atoms with Gasteiger partial charge in [0, 0.05) is 18.4 Å². The predicted octanol–water partition coefficient (Wildman–Crippen LogP) is 3.76. The highest BCUT2D eigenvalue weighted by Gasteiger charge is 2.11. The van der Waals surface area contributed by atoms with E-state index >= 15 is 0 Å². The Balaban J connectivity index is 2.05. The van der Waals surface area contributed by atoms with Gasteiger partial charge in [0.15, 0.2) is 0 Å². The molecule has 0 saturated heterocycles. The van der Waals surface area contributed by atoms with Crippen LogP contribution in [0.25, 0.3) is 0 Å². The standard InChI is InChI=1S/C18H24N2O/c1-3-20-18(9-8-15-10-12-19-13-11-15)16-6-5-7-17(14-16)21-4-2/h5-7,10-14,18,20H,3-4,8-9H2,1-2H3. The molecule has 0 radical (unpaired) electrons. The van der Waals surface area contributed by atoms with Crippen LogP contribution >= 0.6 is 0 Å². The molecule has 0 saturated carbocycles. The van der Waals surface area contributed by atoms with Crippen molar-refractivity contribution < 1.29 is 4.74 Å². The summed E-state index contributed by atoms with van der Waals surface area (Å²) in [6.07, 6.45) is 5.81. The molecular formula is C18H24N2O. The van der Waals surface area contributed by atoms with Gasteiger partial charge in [0.25, 0.3) is 0 Å². The summed E-state index contributed by atoms with van der Waals surface area (Å²) in [6.45, 7) is 5.82. The molecule has 0 aliphatic carbocycles. The molecule has 2 rings (SSSR count). The zero-order chi connectivity index (χ0) is 14.9. The fourth-order valence-electron chi connectivity index (χ4n) is 2.48. The van der Waals surface area contributed by atoms with Crippen LogP contribution < -0.4 is 10.1 Å². The van der Waals surface area contributed by atoms with E-state index in [0.717, 1.165) is 25.1 Å². The van der Waals surface area contributed by atoms with Crippen molar-refractivity contribution in [1.82, 2.24) is 10.3 Å². The Bertz CT molecular complexity index is 528. The molecule has 2 aromatic rings. The molecule has 0 spiro atoms. The Morgan fingerprint density at radius 1 is 1.14 bits per heavy atom. The highest BCUT2D eigenvalue weighted by molar-refractivity contribution is 5.30. The minimum atomic E-state index is 0.351. The molecule has 3 heteroatoms. The summed E-state index contributed by atoms with van der Waals surface area (Å²) in [7, 11) is 0. The third kappa shape index (κ3) is 4.87. The fourth-order valence-corrected chi connectivity index (χ4v) is 2.48. The Morgan fingerprint density at radius 3 is 2.67 bits per heavy atom. The van der Waals surface area contributed by atoms with Crippen molar-refractivity contribution in [3.63, 3.8) is 0 Å². The van der Waals surface area contributed by atoms with Crippen LogP contribution in [0.2, 0.25) is 0 Å². The fraction of sp³-hybridized carbons (Fsp3) is 0.389. The lowest BCUT2D eigenvalue weighted by molar-refractivity contribution is 0.339. The Labute approximate surface area is 127 Å². The molecule has 1 aromatic carbocycles. The van der Waals surface area contributed by atoms with Gasteiger partial charge in [-0.05, 0) is 61.7 Å². The molecule has 21 heavy (non-hydrogen) atoms. The van der Waals surface area contributed by atoms with Crippen LogP contribution in [0.1, 0.15) is 37.4 Å². The Kier molecular flexibility index (Phi) is 6.22. The maximum absolute atomic E-state index is 5.60. The molecule has 3 nitrogen and oxygen atoms in total. The van der Waals surface area contributed by atoms with E-state index < -0.39 is 0 Å². The van der Waals surface area contributed by atoms with Crippen LogP contribution in [0.4, 0.5) is 0 Å². The van der Waals surface area contributed by atoms with Crippen LogP contribution in [0.5, 0.6) is 5.75 Å². The molecule has 0 aliphatic heterocycles. The normalized spacial score (nSPS) is 12.1. The van der Waals surface area contributed by atoms with Gasteiger partial charge in [0.05, 0.1) is 6.61 Å². The maximum atomic E-state index is 5.60. The summed E-state index contributed by atoms with van der Waals surface area (Å²) in [5, 5.41) is 3.57. The van der Waals surface area contributed by atoms with E-state index in [-0.39, 0.29) is 0 Å². The van der Waals surface area contributed by atoms with E-state index in [0.29, 0.717) is 12.6 Å². The zero-order valence-corrected chi connectivity index (χ0v) is 12.9. The second-order valence-electron chi connectivity index (χ2n) is 5.01. The molecule has 1 N–H and O–H groups in total. The van der Waals surface area contributed by atoms with Gasteiger partial charge in [-0.2, -0.15) is 0 Å². The molecule has 1 unspecified atom stereocenters. The molecule has 1 atom stereocenters. The number of hydrogen-bond acceptors (Lipinski definition) is 3. The first kappa shape index (κ1) is 15.5. The first-order chi connectivity index (χ1) is 10.3. The number of rotatable bonds is 8. The van der Waals surface area contributed by atoms with Gasteiger partial charge in [0.1, 0.15) is 5.75 Å². The average Bonchev–Trinajstić information content (AvgIpc) is 2.53. The van der Waals surface area contributed by atoms with Crippen molar-refractivity contribution in [1.29, 1.82) is 0 Å². The van der Waals surface area contributed by atoms with E-state index in [4.69, 9.17) is 4.74 Å². The lowest BCUT2D eigenvalue weighted by Gasteiger charge is -2.19. The number of ether oxygens (including phenoxy) is 1. The van der Waals surface area contributed by atoms with Gasteiger partial charge in [0.2, 0.25) is 0 Å². The van der Waals surface area contributed by atoms with Gasteiger partial charge in [-0.1, -0.05) is 19.1 Å². The van der Waals surface area contributed by atoms with Crippen LogP contribution in [0.15, 0.2) is 48.8 Å². The van der Waals surface area contributed by atoms with Crippen LogP contribution in [0.3, 0.4) is 0 Å². The SMILES string of the molecule is CCNC(CCc1ccncc1)c1cccc(OCC)c1. The predicted molar refractivity (Wildman–Crippen MR) is 86.6 cm³/mol. The van der Waals surface area contributed by atoms with E-state index in [2.05, 4.69) is 47.6 Å². The number of aryl methyl sites for hydroxylation is 1. The van der Waals surface area contributed by atoms with E-state index in [9.17, 15) is 0 Å². The summed E-state index contributed by atoms with van der Waals surface area (Å²) < 4.78 is 5.60. The second kappa shape index (κ2) is 8.42. The second-order valence-corrected chi connectivity index (χ2v) is 5.01. The van der Waals surface area contributed by atoms with Crippen molar-refractivity contribution in [3.8, 4) is 5.75 Å². The molecule has 112 valence electrons. The number of benzene rings is 1. The van der Waals surface area contributed by atoms with Gasteiger partial charge in [-0.3, -0.25) is 4.98 Å². The van der Waals surface area contributed by atoms with Crippen LogP contribution in [-0.4, -0.2) is 18.1 Å². The van der Waals surface area contributed by atoms with Crippen molar-refractivity contribution in [2.24, 2.45) is 0 Å². The quantitative estimate of drug-likeness (QED) is 0.801. The van der Waals surface area contributed by atoms with E-state index in [1.54, 1.807) is 0 Å². The number of hydrogen-bond donors (Lipinski definition) is 1. The Morgan fingerprint density at radius 2 is 1.95 bits per heavy atom. The zero-order valence-electron chi connectivity index (χ0n) is 12.9. The minimum Gasteiger partial charge on any atom is -0.494 e. The van der Waals surface area contributed by atoms with Crippen molar-refractivity contribution in [2.45, 2.75) is 32.7 Å².